The van der Waals surface area contributed by atoms with Crippen molar-refractivity contribution in [3.05, 3.63) is 29.3 Å². The number of nitrogens with zero attached hydrogens (tertiary/aromatic N) is 2. The molecule has 2 rings (SSSR count). The molecule has 1 heterocycles. The summed E-state index contributed by atoms with van der Waals surface area (Å²) in [5.74, 6) is 0.0429. The predicted molar refractivity (Wildman–Crippen MR) is 87.7 cm³/mol. The average molecular weight is 310 g/mol. The second kappa shape index (κ2) is 6.24. The van der Waals surface area contributed by atoms with E-state index in [0.29, 0.717) is 13.1 Å². The van der Waals surface area contributed by atoms with Crippen molar-refractivity contribution in [2.75, 3.05) is 31.1 Å². The first-order chi connectivity index (χ1) is 9.80. The number of amides is 1. The monoisotopic (exact) mass is 309 g/mol. The third kappa shape index (κ3) is 3.69. The van der Waals surface area contributed by atoms with Gasteiger partial charge in [-0.15, -0.1) is 0 Å². The van der Waals surface area contributed by atoms with Crippen LogP contribution in [0.1, 0.15) is 20.8 Å². The molecule has 116 valence electrons. The number of carbonyl (C=O) groups is 1. The number of carbonyl (C=O) groups excluding carboxylic acids is 1. The van der Waals surface area contributed by atoms with Crippen molar-refractivity contribution in [1.82, 2.24) is 4.90 Å². The Morgan fingerprint density at radius 2 is 1.76 bits per heavy atom. The van der Waals surface area contributed by atoms with Crippen LogP contribution < -0.4 is 10.6 Å². The summed E-state index contributed by atoms with van der Waals surface area (Å²) in [6, 6.07) is 7.36. The summed E-state index contributed by atoms with van der Waals surface area (Å²) in [5.41, 5.74) is 6.89. The highest BCUT2D eigenvalue weighted by Crippen LogP contribution is 2.26. The molecule has 1 fully saturated rings. The fourth-order valence-electron chi connectivity index (χ4n) is 2.44. The zero-order valence-electron chi connectivity index (χ0n) is 13.0. The maximum atomic E-state index is 12.4. The van der Waals surface area contributed by atoms with E-state index in [9.17, 15) is 4.79 Å². The highest BCUT2D eigenvalue weighted by molar-refractivity contribution is 6.33. The van der Waals surface area contributed by atoms with Crippen molar-refractivity contribution in [3.63, 3.8) is 0 Å². The van der Waals surface area contributed by atoms with Crippen LogP contribution in [-0.2, 0) is 4.79 Å². The van der Waals surface area contributed by atoms with Crippen LogP contribution in [0.15, 0.2) is 24.3 Å². The highest BCUT2D eigenvalue weighted by atomic mass is 35.5. The van der Waals surface area contributed by atoms with Crippen LogP contribution in [0.25, 0.3) is 0 Å². The van der Waals surface area contributed by atoms with E-state index in [1.165, 1.54) is 0 Å². The number of hydrogen-bond acceptors (Lipinski definition) is 3. The lowest BCUT2D eigenvalue weighted by Gasteiger charge is -2.39. The van der Waals surface area contributed by atoms with Crippen LogP contribution >= 0.6 is 11.6 Å². The topological polar surface area (TPSA) is 49.6 Å². The van der Waals surface area contributed by atoms with Crippen LogP contribution in [0.3, 0.4) is 0 Å². The Balaban J connectivity index is 1.98. The molecule has 5 heteroatoms. The molecule has 1 aliphatic rings. The van der Waals surface area contributed by atoms with Crippen LogP contribution in [-0.4, -0.2) is 43.0 Å². The van der Waals surface area contributed by atoms with Gasteiger partial charge in [0.2, 0.25) is 5.91 Å². The van der Waals surface area contributed by atoms with Gasteiger partial charge >= 0.3 is 0 Å². The first-order valence-corrected chi connectivity index (χ1v) is 7.72. The van der Waals surface area contributed by atoms with E-state index in [0.717, 1.165) is 23.8 Å². The molecule has 0 aromatic heterocycles. The molecule has 21 heavy (non-hydrogen) atoms. The van der Waals surface area contributed by atoms with Crippen molar-refractivity contribution < 1.29 is 4.79 Å². The summed E-state index contributed by atoms with van der Waals surface area (Å²) >= 11 is 6.22. The lowest BCUT2D eigenvalue weighted by atomic mass is 9.86. The third-order valence-corrected chi connectivity index (χ3v) is 4.30. The minimum absolute atomic E-state index is 0.0429. The number of nitrogens with two attached hydrogens (primary N) is 1. The minimum atomic E-state index is -0.454. The molecule has 0 saturated carbocycles. The fraction of sp³-hybridized carbons (Fsp3) is 0.562. The summed E-state index contributed by atoms with van der Waals surface area (Å²) in [6.45, 7) is 8.93. The standard InChI is InChI=1S/C16H24ClN3O/c1-16(2,3)14(18)15(21)20-10-8-19(9-11-20)13-7-5-4-6-12(13)17/h4-7,14H,8-11,18H2,1-3H3. The number of rotatable bonds is 2. The molecule has 0 spiro atoms. The van der Waals surface area contributed by atoms with Gasteiger partial charge < -0.3 is 15.5 Å². The first kappa shape index (κ1) is 16.1. The smallest absolute Gasteiger partial charge is 0.240 e. The molecule has 1 aromatic carbocycles. The molecule has 1 aliphatic heterocycles. The summed E-state index contributed by atoms with van der Waals surface area (Å²) in [7, 11) is 0. The average Bonchev–Trinajstić information content (AvgIpc) is 2.45. The Hall–Kier alpha value is -1.26. The molecule has 1 atom stereocenters. The van der Waals surface area contributed by atoms with Crippen molar-refractivity contribution >= 4 is 23.2 Å². The number of hydrogen-bond donors (Lipinski definition) is 1. The second-order valence-corrected chi connectivity index (χ2v) is 7.01. The van der Waals surface area contributed by atoms with Gasteiger partial charge in [-0.1, -0.05) is 44.5 Å². The van der Waals surface area contributed by atoms with Gasteiger partial charge in [-0.05, 0) is 17.5 Å². The van der Waals surface area contributed by atoms with Crippen LogP contribution in [0.4, 0.5) is 5.69 Å². The van der Waals surface area contributed by atoms with Gasteiger partial charge in [-0.3, -0.25) is 4.79 Å². The molecule has 1 unspecified atom stereocenters. The number of benzene rings is 1. The Labute approximate surface area is 131 Å². The van der Waals surface area contributed by atoms with E-state index in [4.69, 9.17) is 17.3 Å². The van der Waals surface area contributed by atoms with Crippen LogP contribution in [0.5, 0.6) is 0 Å². The third-order valence-electron chi connectivity index (χ3n) is 3.98. The fourth-order valence-corrected chi connectivity index (χ4v) is 2.70. The van der Waals surface area contributed by atoms with E-state index in [2.05, 4.69) is 4.90 Å². The highest BCUT2D eigenvalue weighted by Gasteiger charge is 2.32. The molecule has 0 radical (unpaired) electrons. The van der Waals surface area contributed by atoms with E-state index in [-0.39, 0.29) is 11.3 Å². The Morgan fingerprint density at radius 3 is 2.29 bits per heavy atom. The minimum Gasteiger partial charge on any atom is -0.367 e. The van der Waals surface area contributed by atoms with Gasteiger partial charge in [0.15, 0.2) is 0 Å². The van der Waals surface area contributed by atoms with E-state index in [1.54, 1.807) is 0 Å². The normalized spacial score (nSPS) is 17.8. The number of para-hydroxylation sites is 1. The summed E-state index contributed by atoms with van der Waals surface area (Å²) < 4.78 is 0. The van der Waals surface area contributed by atoms with Crippen LogP contribution in [0, 0.1) is 5.41 Å². The molecule has 4 nitrogen and oxygen atoms in total. The zero-order valence-corrected chi connectivity index (χ0v) is 13.7. The largest absolute Gasteiger partial charge is 0.367 e. The molecule has 0 bridgehead atoms. The van der Waals surface area contributed by atoms with Gasteiger partial charge in [-0.25, -0.2) is 0 Å². The Kier molecular flexibility index (Phi) is 4.79. The Morgan fingerprint density at radius 1 is 1.19 bits per heavy atom. The molecular weight excluding hydrogens is 286 g/mol. The van der Waals surface area contributed by atoms with Gasteiger partial charge in [-0.2, -0.15) is 0 Å². The zero-order chi connectivity index (χ0) is 15.6. The molecule has 0 aliphatic carbocycles. The van der Waals surface area contributed by atoms with E-state index in [1.807, 2.05) is 49.9 Å². The molecular formula is C16H24ClN3O. The molecule has 2 N–H and O–H groups in total. The molecule has 1 saturated heterocycles. The lowest BCUT2D eigenvalue weighted by molar-refractivity contribution is -0.135. The lowest BCUT2D eigenvalue weighted by Crippen LogP contribution is -2.56. The summed E-state index contributed by atoms with van der Waals surface area (Å²) in [6.07, 6.45) is 0. The van der Waals surface area contributed by atoms with Crippen molar-refractivity contribution in [1.29, 1.82) is 0 Å². The maximum absolute atomic E-state index is 12.4. The van der Waals surface area contributed by atoms with Crippen molar-refractivity contribution in [2.24, 2.45) is 11.1 Å². The van der Waals surface area contributed by atoms with Crippen LogP contribution in [0.2, 0.25) is 5.02 Å². The van der Waals surface area contributed by atoms with E-state index >= 15 is 0 Å². The Bertz CT molecular complexity index is 504. The van der Waals surface area contributed by atoms with Gasteiger partial charge in [0, 0.05) is 26.2 Å². The van der Waals surface area contributed by atoms with Crippen molar-refractivity contribution in [2.45, 2.75) is 26.8 Å². The predicted octanol–water partition coefficient (Wildman–Crippen LogP) is 2.36. The number of anilines is 1. The van der Waals surface area contributed by atoms with Gasteiger partial charge in [0.25, 0.3) is 0 Å². The van der Waals surface area contributed by atoms with Gasteiger partial charge in [0.05, 0.1) is 16.8 Å². The summed E-state index contributed by atoms with van der Waals surface area (Å²) in [4.78, 5) is 16.5. The number of piperazine rings is 1. The second-order valence-electron chi connectivity index (χ2n) is 6.61. The van der Waals surface area contributed by atoms with Crippen molar-refractivity contribution in [3.8, 4) is 0 Å². The maximum Gasteiger partial charge on any atom is 0.240 e. The first-order valence-electron chi connectivity index (χ1n) is 7.34. The van der Waals surface area contributed by atoms with Gasteiger partial charge in [0.1, 0.15) is 0 Å². The molecule has 1 aromatic rings. The summed E-state index contributed by atoms with van der Waals surface area (Å²) in [5, 5.41) is 0.753. The quantitative estimate of drug-likeness (QED) is 0.912. The van der Waals surface area contributed by atoms with E-state index < -0.39 is 6.04 Å². The molecule has 1 amide bonds. The number of halogens is 1. The SMILES string of the molecule is CC(C)(C)C(N)C(=O)N1CCN(c2ccccc2Cl)CC1.